The summed E-state index contributed by atoms with van der Waals surface area (Å²) < 4.78 is 38.6. The number of hydrogen-bond donors (Lipinski definition) is 1. The normalized spacial score (nSPS) is 11.2. The van der Waals surface area contributed by atoms with Crippen LogP contribution < -0.4 is 39.4 Å². The Morgan fingerprint density at radius 2 is 1.34 bits per heavy atom. The Morgan fingerprint density at radius 3 is 1.88 bits per heavy atom. The molecule has 0 spiro atoms. The van der Waals surface area contributed by atoms with E-state index in [1.165, 1.54) is 88.1 Å². The average Bonchev–Trinajstić information content (AvgIpc) is 2.73. The van der Waals surface area contributed by atoms with Crippen molar-refractivity contribution in [3.8, 4) is 17.2 Å². The van der Waals surface area contributed by atoms with Crippen molar-refractivity contribution in [1.29, 1.82) is 0 Å². The summed E-state index contributed by atoms with van der Waals surface area (Å²) in [5, 5.41) is 11.2. The fourth-order valence-corrected chi connectivity index (χ4v) is 4.22. The fourth-order valence-electron chi connectivity index (χ4n) is 3.63. The molecule has 1 N–H and O–H groups in total. The van der Waals surface area contributed by atoms with Gasteiger partial charge in [0, 0.05) is 0 Å². The van der Waals surface area contributed by atoms with E-state index < -0.39 is 10.1 Å². The summed E-state index contributed by atoms with van der Waals surface area (Å²) >= 11 is 0. The number of rotatable bonds is 15. The number of benzene rings is 2. The maximum atomic E-state index is 11.7. The van der Waals surface area contributed by atoms with Crippen molar-refractivity contribution < 1.29 is 52.4 Å². The van der Waals surface area contributed by atoms with E-state index in [0.717, 1.165) is 24.8 Å². The Labute approximate surface area is 215 Å². The molecule has 0 fully saturated rings. The molecule has 0 heterocycles. The third-order valence-corrected chi connectivity index (χ3v) is 6.30. The minimum atomic E-state index is -4.41. The first kappa shape index (κ1) is 29.0. The number of unbranched alkanes of at least 4 members (excludes halogenated alkanes) is 10. The van der Waals surface area contributed by atoms with Crippen molar-refractivity contribution in [2.75, 3.05) is 0 Å². The molecule has 0 aromatic heterocycles. The number of hydrogen-bond acceptors (Lipinski definition) is 4. The van der Waals surface area contributed by atoms with Crippen molar-refractivity contribution in [3.63, 3.8) is 0 Å². The van der Waals surface area contributed by atoms with Crippen LogP contribution in [-0.2, 0) is 16.5 Å². The molecule has 0 aliphatic heterocycles. The predicted octanol–water partition coefficient (Wildman–Crippen LogP) is 3.66. The van der Waals surface area contributed by atoms with Crippen LogP contribution in [0.25, 0.3) is 0 Å². The van der Waals surface area contributed by atoms with Crippen LogP contribution in [0.5, 0.6) is 17.2 Å². The molecule has 0 saturated carbocycles. The number of ether oxygens (including phenoxy) is 1. The summed E-state index contributed by atoms with van der Waals surface area (Å²) in [6.45, 7) is 2.24. The van der Waals surface area contributed by atoms with Gasteiger partial charge in [0.05, 0.1) is 0 Å². The SMILES string of the molecule is CCCCCCCCCCCCCc1ccc(S(=O)(=O)O)c(Oc2ccc([O-])cc2)c1.[Na+]. The van der Waals surface area contributed by atoms with Crippen LogP contribution in [0.3, 0.4) is 0 Å². The van der Waals surface area contributed by atoms with Gasteiger partial charge in [-0.05, 0) is 42.7 Å². The van der Waals surface area contributed by atoms with Gasteiger partial charge in [-0.3, -0.25) is 4.55 Å². The Bertz CT molecular complexity index is 882. The molecule has 0 saturated heterocycles. The van der Waals surface area contributed by atoms with Gasteiger partial charge in [0.2, 0.25) is 0 Å². The van der Waals surface area contributed by atoms with Crippen molar-refractivity contribution in [1.82, 2.24) is 0 Å². The van der Waals surface area contributed by atoms with E-state index >= 15 is 0 Å². The van der Waals surface area contributed by atoms with E-state index in [2.05, 4.69) is 6.92 Å². The molecule has 172 valence electrons. The van der Waals surface area contributed by atoms with Crippen LogP contribution in [-0.4, -0.2) is 13.0 Å². The third-order valence-electron chi connectivity index (χ3n) is 5.41. The topological polar surface area (TPSA) is 86.7 Å². The zero-order chi connectivity index (χ0) is 22.5. The van der Waals surface area contributed by atoms with Crippen molar-refractivity contribution in [2.24, 2.45) is 0 Å². The molecule has 0 radical (unpaired) electrons. The molecule has 2 aromatic rings. The third kappa shape index (κ3) is 11.2. The molecular formula is C25H35NaO5S. The van der Waals surface area contributed by atoms with Gasteiger partial charge >= 0.3 is 29.6 Å². The second kappa shape index (κ2) is 15.7. The van der Waals surface area contributed by atoms with Gasteiger partial charge in [-0.1, -0.05) is 89.3 Å². The molecular weight excluding hydrogens is 435 g/mol. The van der Waals surface area contributed by atoms with E-state index in [4.69, 9.17) is 4.74 Å². The maximum Gasteiger partial charge on any atom is 1.00 e. The van der Waals surface area contributed by atoms with Crippen molar-refractivity contribution in [2.45, 2.75) is 88.9 Å². The van der Waals surface area contributed by atoms with Crippen LogP contribution in [0.15, 0.2) is 47.4 Å². The smallest absolute Gasteiger partial charge is 0.872 e. The van der Waals surface area contributed by atoms with E-state index in [-0.39, 0.29) is 46.0 Å². The van der Waals surface area contributed by atoms with Gasteiger partial charge in [-0.25, -0.2) is 0 Å². The molecule has 7 heteroatoms. The molecule has 0 bridgehead atoms. The van der Waals surface area contributed by atoms with Crippen LogP contribution >= 0.6 is 0 Å². The van der Waals surface area contributed by atoms with E-state index in [1.807, 2.05) is 0 Å². The van der Waals surface area contributed by atoms with Gasteiger partial charge in [-0.15, -0.1) is 5.75 Å². The van der Waals surface area contributed by atoms with Crippen LogP contribution in [0.4, 0.5) is 0 Å². The molecule has 0 atom stereocenters. The molecule has 0 aliphatic carbocycles. The second-order valence-corrected chi connectivity index (χ2v) is 9.51. The largest absolute Gasteiger partial charge is 1.00 e. The zero-order valence-electron chi connectivity index (χ0n) is 19.5. The van der Waals surface area contributed by atoms with Gasteiger partial charge in [0.25, 0.3) is 10.1 Å². The fraction of sp³-hybridized carbons (Fsp3) is 0.520. The van der Waals surface area contributed by atoms with Crippen molar-refractivity contribution >= 4 is 10.1 Å². The quantitative estimate of drug-likeness (QED) is 0.244. The molecule has 0 aliphatic rings. The monoisotopic (exact) mass is 470 g/mol. The standard InChI is InChI=1S/C25H36O5S.Na/c1-2-3-4-5-6-7-8-9-10-11-12-13-21-14-19-25(31(27,28)29)24(20-21)30-23-17-15-22(26)16-18-23;/h14-20,26H,2-13H2,1H3,(H,27,28,29);/q;+1/p-1. The minimum Gasteiger partial charge on any atom is -0.872 e. The zero-order valence-corrected chi connectivity index (χ0v) is 22.3. The predicted molar refractivity (Wildman–Crippen MR) is 122 cm³/mol. The molecule has 5 nitrogen and oxygen atoms in total. The van der Waals surface area contributed by atoms with E-state index in [1.54, 1.807) is 12.1 Å². The van der Waals surface area contributed by atoms with Gasteiger partial charge < -0.3 is 9.84 Å². The first-order valence-electron chi connectivity index (χ1n) is 11.5. The van der Waals surface area contributed by atoms with Crippen LogP contribution in [0, 0.1) is 0 Å². The minimum absolute atomic E-state index is 0. The van der Waals surface area contributed by atoms with E-state index in [9.17, 15) is 18.1 Å². The molecule has 32 heavy (non-hydrogen) atoms. The molecule has 2 rings (SSSR count). The van der Waals surface area contributed by atoms with Gasteiger partial charge in [-0.2, -0.15) is 8.42 Å². The first-order valence-corrected chi connectivity index (χ1v) is 12.9. The van der Waals surface area contributed by atoms with Gasteiger partial charge in [0.15, 0.2) is 0 Å². The number of aryl methyl sites for hydroxylation is 1. The summed E-state index contributed by atoms with van der Waals surface area (Å²) in [6, 6.07) is 10.4. The maximum absolute atomic E-state index is 11.7. The van der Waals surface area contributed by atoms with E-state index in [0.29, 0.717) is 5.75 Å². The van der Waals surface area contributed by atoms with Crippen LogP contribution in [0.1, 0.15) is 83.1 Å². The summed E-state index contributed by atoms with van der Waals surface area (Å²) in [5.41, 5.74) is 0.957. The van der Waals surface area contributed by atoms with Gasteiger partial charge in [0.1, 0.15) is 16.4 Å². The Kier molecular flexibility index (Phi) is 14.2. The Hall–Kier alpha value is -1.05. The molecule has 2 aromatic carbocycles. The average molecular weight is 471 g/mol. The second-order valence-electron chi connectivity index (χ2n) is 8.12. The Balaban J connectivity index is 0.00000512. The molecule has 0 amide bonds. The summed E-state index contributed by atoms with van der Waals surface area (Å²) in [7, 11) is -4.41. The Morgan fingerprint density at radius 1 is 0.812 bits per heavy atom. The summed E-state index contributed by atoms with van der Waals surface area (Å²) in [4.78, 5) is -0.276. The van der Waals surface area contributed by atoms with Crippen LogP contribution in [0.2, 0.25) is 0 Å². The molecule has 0 unspecified atom stereocenters. The first-order chi connectivity index (χ1) is 14.9. The summed E-state index contributed by atoms with van der Waals surface area (Å²) in [5.74, 6) is 0.255. The van der Waals surface area contributed by atoms with Crippen molar-refractivity contribution in [3.05, 3.63) is 48.0 Å². The summed E-state index contributed by atoms with van der Waals surface area (Å²) in [6.07, 6.45) is 14.8.